The molecule has 2 heterocycles. The number of nitrogens with one attached hydrogen (secondary N) is 1. The Morgan fingerprint density at radius 2 is 2.00 bits per heavy atom. The summed E-state index contributed by atoms with van der Waals surface area (Å²) in [7, 11) is 0. The summed E-state index contributed by atoms with van der Waals surface area (Å²) in [5, 5.41) is 5.02. The number of aromatic nitrogens is 1. The predicted octanol–water partition coefficient (Wildman–Crippen LogP) is 4.39. The molecule has 0 bridgehead atoms. The zero-order chi connectivity index (χ0) is 20.1. The largest absolute Gasteiger partial charge is 0.444 e. The molecule has 4 rings (SSSR count). The Morgan fingerprint density at radius 3 is 2.71 bits per heavy atom. The van der Waals surface area contributed by atoms with Crippen LogP contribution in [0.25, 0.3) is 21.0 Å². The molecule has 0 unspecified atom stereocenters. The van der Waals surface area contributed by atoms with Crippen molar-refractivity contribution in [3.8, 4) is 0 Å². The summed E-state index contributed by atoms with van der Waals surface area (Å²) >= 11 is 1.36. The highest BCUT2D eigenvalue weighted by Gasteiger charge is 2.38. The lowest BCUT2D eigenvalue weighted by molar-refractivity contribution is -0.124. The second kappa shape index (κ2) is 6.70. The molecule has 0 spiro atoms. The first-order chi connectivity index (χ1) is 13.2. The lowest BCUT2D eigenvalue weighted by atomic mass is 10.0. The Balaban J connectivity index is 1.44. The number of carbonyl (C=O) groups is 2. The van der Waals surface area contributed by atoms with Crippen molar-refractivity contribution in [2.75, 3.05) is 18.4 Å². The van der Waals surface area contributed by atoms with Gasteiger partial charge >= 0.3 is 6.09 Å². The molecule has 0 atom stereocenters. The van der Waals surface area contributed by atoms with Crippen molar-refractivity contribution in [3.63, 3.8) is 0 Å². The van der Waals surface area contributed by atoms with Crippen LogP contribution in [0.2, 0.25) is 0 Å². The lowest BCUT2D eigenvalue weighted by Gasteiger charge is -2.38. The van der Waals surface area contributed by atoms with Crippen molar-refractivity contribution in [3.05, 3.63) is 36.1 Å². The second-order valence-electron chi connectivity index (χ2n) is 7.87. The number of thiazole rings is 1. The van der Waals surface area contributed by atoms with Crippen LogP contribution in [0.15, 0.2) is 30.3 Å². The summed E-state index contributed by atoms with van der Waals surface area (Å²) in [4.78, 5) is 30.4. The molecule has 3 aromatic rings. The van der Waals surface area contributed by atoms with E-state index in [0.29, 0.717) is 18.2 Å². The number of rotatable bonds is 2. The SMILES string of the molecule is CC(C)(C)OC(=O)N1CC(C(=O)Nc2nc3ccc4cc(F)ccc4c3s2)C1. The van der Waals surface area contributed by atoms with Gasteiger partial charge in [-0.25, -0.2) is 14.2 Å². The summed E-state index contributed by atoms with van der Waals surface area (Å²) in [5.74, 6) is -0.746. The molecule has 6 nitrogen and oxygen atoms in total. The van der Waals surface area contributed by atoms with E-state index in [1.807, 2.05) is 12.1 Å². The van der Waals surface area contributed by atoms with Crippen LogP contribution in [-0.2, 0) is 9.53 Å². The minimum absolute atomic E-state index is 0.172. The highest BCUT2D eigenvalue weighted by atomic mass is 32.1. The minimum atomic E-state index is -0.558. The standard InChI is InChI=1S/C20H20FN3O3S/c1-20(2,3)27-19(26)24-9-12(10-24)17(25)23-18-22-15-7-4-11-8-13(21)5-6-14(11)16(15)28-18/h4-8,12H,9-10H2,1-3H3,(H,22,23,25). The Morgan fingerprint density at radius 1 is 1.25 bits per heavy atom. The predicted molar refractivity (Wildman–Crippen MR) is 107 cm³/mol. The van der Waals surface area contributed by atoms with Gasteiger partial charge in [0.2, 0.25) is 5.91 Å². The topological polar surface area (TPSA) is 71.5 Å². The van der Waals surface area contributed by atoms with E-state index in [0.717, 1.165) is 21.0 Å². The Bertz CT molecular complexity index is 1080. The second-order valence-corrected chi connectivity index (χ2v) is 8.87. The number of carbonyl (C=O) groups excluding carboxylic acids is 2. The number of likely N-dealkylation sites (tertiary alicyclic amines) is 1. The fourth-order valence-corrected chi connectivity index (χ4v) is 4.07. The first kappa shape index (κ1) is 18.6. The molecule has 8 heteroatoms. The fourth-order valence-electron chi connectivity index (χ4n) is 3.07. The first-order valence-corrected chi connectivity index (χ1v) is 9.79. The first-order valence-electron chi connectivity index (χ1n) is 8.97. The van der Waals surface area contributed by atoms with Gasteiger partial charge in [-0.3, -0.25) is 4.79 Å². The number of amides is 2. The van der Waals surface area contributed by atoms with Gasteiger partial charge in [0.15, 0.2) is 5.13 Å². The lowest BCUT2D eigenvalue weighted by Crippen LogP contribution is -2.55. The van der Waals surface area contributed by atoms with Gasteiger partial charge in [-0.1, -0.05) is 17.4 Å². The van der Waals surface area contributed by atoms with Crippen LogP contribution in [0.5, 0.6) is 0 Å². The van der Waals surface area contributed by atoms with Crippen LogP contribution in [0.4, 0.5) is 14.3 Å². The van der Waals surface area contributed by atoms with Gasteiger partial charge in [-0.05, 0) is 50.4 Å². The van der Waals surface area contributed by atoms with E-state index in [1.165, 1.54) is 28.4 Å². The van der Waals surface area contributed by atoms with E-state index < -0.39 is 11.7 Å². The smallest absolute Gasteiger partial charge is 0.410 e. The zero-order valence-corrected chi connectivity index (χ0v) is 16.6. The van der Waals surface area contributed by atoms with Crippen LogP contribution in [-0.4, -0.2) is 40.6 Å². The Labute approximate surface area is 165 Å². The molecule has 146 valence electrons. The monoisotopic (exact) mass is 401 g/mol. The molecule has 2 amide bonds. The number of benzene rings is 2. The van der Waals surface area contributed by atoms with E-state index >= 15 is 0 Å². The fraction of sp³-hybridized carbons (Fsp3) is 0.350. The number of hydrogen-bond acceptors (Lipinski definition) is 5. The molecule has 1 aliphatic heterocycles. The molecule has 2 aromatic carbocycles. The van der Waals surface area contributed by atoms with Crippen molar-refractivity contribution >= 4 is 49.5 Å². The van der Waals surface area contributed by atoms with Gasteiger partial charge < -0.3 is 15.0 Å². The van der Waals surface area contributed by atoms with E-state index in [9.17, 15) is 14.0 Å². The molecular formula is C20H20FN3O3S. The van der Waals surface area contributed by atoms with Crippen molar-refractivity contribution in [2.45, 2.75) is 26.4 Å². The average Bonchev–Trinajstić information content (AvgIpc) is 2.93. The molecule has 0 aliphatic carbocycles. The van der Waals surface area contributed by atoms with Gasteiger partial charge in [0, 0.05) is 18.5 Å². The molecule has 1 saturated heterocycles. The molecule has 1 aromatic heterocycles. The molecule has 1 aliphatic rings. The molecule has 0 saturated carbocycles. The quantitative estimate of drug-likeness (QED) is 0.691. The van der Waals surface area contributed by atoms with Gasteiger partial charge in [0.25, 0.3) is 0 Å². The highest BCUT2D eigenvalue weighted by molar-refractivity contribution is 7.23. The Hall–Kier alpha value is -2.74. The van der Waals surface area contributed by atoms with Gasteiger partial charge in [0.05, 0.1) is 16.1 Å². The summed E-state index contributed by atoms with van der Waals surface area (Å²) in [6.45, 7) is 6.07. The Kier molecular flexibility index (Phi) is 4.45. The molecule has 1 N–H and O–H groups in total. The molecular weight excluding hydrogens is 381 g/mol. The van der Waals surface area contributed by atoms with E-state index in [4.69, 9.17) is 4.74 Å². The van der Waals surface area contributed by atoms with Crippen LogP contribution in [0, 0.1) is 11.7 Å². The summed E-state index contributed by atoms with van der Waals surface area (Å²) in [6, 6.07) is 8.25. The molecule has 1 fully saturated rings. The molecule has 28 heavy (non-hydrogen) atoms. The number of hydrogen-bond donors (Lipinski definition) is 1. The number of fused-ring (bicyclic) bond motifs is 3. The van der Waals surface area contributed by atoms with Crippen LogP contribution in [0.1, 0.15) is 20.8 Å². The molecule has 0 radical (unpaired) electrons. The van der Waals surface area contributed by atoms with Crippen molar-refractivity contribution in [1.82, 2.24) is 9.88 Å². The van der Waals surface area contributed by atoms with E-state index in [-0.39, 0.29) is 17.6 Å². The van der Waals surface area contributed by atoms with E-state index in [1.54, 1.807) is 26.8 Å². The van der Waals surface area contributed by atoms with Crippen LogP contribution < -0.4 is 5.32 Å². The average molecular weight is 401 g/mol. The van der Waals surface area contributed by atoms with Gasteiger partial charge in [-0.2, -0.15) is 0 Å². The third-order valence-electron chi connectivity index (χ3n) is 4.47. The summed E-state index contributed by atoms with van der Waals surface area (Å²) in [5.41, 5.74) is 0.195. The van der Waals surface area contributed by atoms with Gasteiger partial charge in [-0.15, -0.1) is 0 Å². The maximum atomic E-state index is 13.4. The number of anilines is 1. The van der Waals surface area contributed by atoms with E-state index in [2.05, 4.69) is 10.3 Å². The van der Waals surface area contributed by atoms with Crippen LogP contribution in [0.3, 0.4) is 0 Å². The van der Waals surface area contributed by atoms with Gasteiger partial charge in [0.1, 0.15) is 11.4 Å². The number of ether oxygens (including phenoxy) is 1. The van der Waals surface area contributed by atoms with Crippen LogP contribution >= 0.6 is 11.3 Å². The van der Waals surface area contributed by atoms with Crippen molar-refractivity contribution in [1.29, 1.82) is 0 Å². The number of nitrogens with zero attached hydrogens (tertiary/aromatic N) is 2. The van der Waals surface area contributed by atoms with Crippen molar-refractivity contribution in [2.24, 2.45) is 5.92 Å². The maximum Gasteiger partial charge on any atom is 0.410 e. The third kappa shape index (κ3) is 3.64. The number of halogens is 1. The normalized spacial score (nSPS) is 14.9. The maximum absolute atomic E-state index is 13.4. The zero-order valence-electron chi connectivity index (χ0n) is 15.8. The summed E-state index contributed by atoms with van der Waals surface area (Å²) < 4.78 is 19.6. The van der Waals surface area contributed by atoms with Crippen molar-refractivity contribution < 1.29 is 18.7 Å². The highest BCUT2D eigenvalue weighted by Crippen LogP contribution is 2.33. The summed E-state index contributed by atoms with van der Waals surface area (Å²) in [6.07, 6.45) is -0.407. The minimum Gasteiger partial charge on any atom is -0.444 e. The third-order valence-corrected chi connectivity index (χ3v) is 5.49.